The average molecular weight is 210 g/mol. The predicted molar refractivity (Wildman–Crippen MR) is 60.4 cm³/mol. The van der Waals surface area contributed by atoms with Crippen LogP contribution in [0, 0.1) is 5.41 Å². The van der Waals surface area contributed by atoms with Gasteiger partial charge in [0.25, 0.3) is 0 Å². The summed E-state index contributed by atoms with van der Waals surface area (Å²) in [4.78, 5) is 14.5. The number of hydrogen-bond acceptors (Lipinski definition) is 2. The van der Waals surface area contributed by atoms with Gasteiger partial charge in [-0.1, -0.05) is 12.8 Å². The van der Waals surface area contributed by atoms with Gasteiger partial charge in [0.1, 0.15) is 0 Å². The van der Waals surface area contributed by atoms with Crippen molar-refractivity contribution >= 4 is 5.91 Å². The van der Waals surface area contributed by atoms with Gasteiger partial charge in [0.15, 0.2) is 0 Å². The highest BCUT2D eigenvalue weighted by Crippen LogP contribution is 2.39. The van der Waals surface area contributed by atoms with E-state index in [1.165, 1.54) is 32.1 Å². The molecule has 86 valence electrons. The van der Waals surface area contributed by atoms with E-state index in [0.29, 0.717) is 12.5 Å². The Hall–Kier alpha value is -0.570. The second-order valence-electron chi connectivity index (χ2n) is 5.04. The number of nitrogens with two attached hydrogens (primary N) is 1. The van der Waals surface area contributed by atoms with Crippen LogP contribution in [0.5, 0.6) is 0 Å². The number of carbonyl (C=O) groups excluding carboxylic acids is 1. The molecule has 3 heteroatoms. The Kier molecular flexibility index (Phi) is 3.29. The first kappa shape index (κ1) is 10.9. The van der Waals surface area contributed by atoms with Crippen molar-refractivity contribution in [3.05, 3.63) is 0 Å². The third kappa shape index (κ3) is 2.03. The minimum atomic E-state index is -0.183. The van der Waals surface area contributed by atoms with E-state index in [9.17, 15) is 4.79 Å². The Morgan fingerprint density at radius 1 is 1.07 bits per heavy atom. The van der Waals surface area contributed by atoms with E-state index < -0.39 is 0 Å². The van der Waals surface area contributed by atoms with Crippen LogP contribution in [0.1, 0.15) is 44.9 Å². The van der Waals surface area contributed by atoms with Crippen LogP contribution < -0.4 is 5.73 Å². The maximum atomic E-state index is 12.4. The molecular formula is C12H22N2O. The molecule has 1 saturated carbocycles. The molecule has 1 saturated heterocycles. The number of nitrogens with zero attached hydrogens (tertiary/aromatic N) is 1. The van der Waals surface area contributed by atoms with E-state index in [-0.39, 0.29) is 5.41 Å². The molecule has 1 amide bonds. The number of rotatable bonds is 2. The molecule has 15 heavy (non-hydrogen) atoms. The summed E-state index contributed by atoms with van der Waals surface area (Å²) in [5.74, 6) is 0.349. The first-order chi connectivity index (χ1) is 7.28. The van der Waals surface area contributed by atoms with Gasteiger partial charge in [-0.25, -0.2) is 0 Å². The quantitative estimate of drug-likeness (QED) is 0.751. The SMILES string of the molecule is NCC1(C(=O)N2CCCCC2)CCCC1. The molecule has 3 nitrogen and oxygen atoms in total. The zero-order valence-corrected chi connectivity index (χ0v) is 9.50. The van der Waals surface area contributed by atoms with Gasteiger partial charge in [0, 0.05) is 19.6 Å². The fourth-order valence-corrected chi connectivity index (χ4v) is 2.99. The van der Waals surface area contributed by atoms with Crippen molar-refractivity contribution in [1.82, 2.24) is 4.90 Å². The summed E-state index contributed by atoms with van der Waals surface area (Å²) in [6.45, 7) is 2.46. The average Bonchev–Trinajstić information content (AvgIpc) is 2.79. The van der Waals surface area contributed by atoms with Crippen LogP contribution in [0.2, 0.25) is 0 Å². The highest BCUT2D eigenvalue weighted by molar-refractivity contribution is 5.83. The van der Waals surface area contributed by atoms with E-state index in [1.54, 1.807) is 0 Å². The van der Waals surface area contributed by atoms with Gasteiger partial charge in [-0.2, -0.15) is 0 Å². The van der Waals surface area contributed by atoms with Gasteiger partial charge in [0.2, 0.25) is 5.91 Å². The lowest BCUT2D eigenvalue weighted by Crippen LogP contribution is -2.48. The zero-order chi connectivity index (χ0) is 10.7. The van der Waals surface area contributed by atoms with E-state index in [0.717, 1.165) is 25.9 Å². The molecule has 2 fully saturated rings. The molecule has 0 aromatic carbocycles. The molecule has 0 radical (unpaired) electrons. The summed E-state index contributed by atoms with van der Waals surface area (Å²) < 4.78 is 0. The van der Waals surface area contributed by atoms with Gasteiger partial charge in [-0.15, -0.1) is 0 Å². The van der Waals surface area contributed by atoms with Crippen molar-refractivity contribution in [2.75, 3.05) is 19.6 Å². The highest BCUT2D eigenvalue weighted by atomic mass is 16.2. The predicted octanol–water partition coefficient (Wildman–Crippen LogP) is 1.52. The molecule has 2 aliphatic rings. The normalized spacial score (nSPS) is 25.5. The van der Waals surface area contributed by atoms with Crippen LogP contribution in [0.15, 0.2) is 0 Å². The minimum Gasteiger partial charge on any atom is -0.342 e. The van der Waals surface area contributed by atoms with Crippen LogP contribution in [-0.2, 0) is 4.79 Å². The van der Waals surface area contributed by atoms with E-state index in [4.69, 9.17) is 5.73 Å². The monoisotopic (exact) mass is 210 g/mol. The van der Waals surface area contributed by atoms with Crippen LogP contribution >= 0.6 is 0 Å². The zero-order valence-electron chi connectivity index (χ0n) is 9.50. The molecule has 0 bridgehead atoms. The number of piperidine rings is 1. The second kappa shape index (κ2) is 4.52. The van der Waals surface area contributed by atoms with Gasteiger partial charge in [-0.3, -0.25) is 4.79 Å². The molecule has 2 rings (SSSR count). The Morgan fingerprint density at radius 2 is 1.67 bits per heavy atom. The largest absolute Gasteiger partial charge is 0.342 e. The molecule has 1 heterocycles. The lowest BCUT2D eigenvalue weighted by atomic mass is 9.84. The Bertz CT molecular complexity index is 228. The van der Waals surface area contributed by atoms with Crippen molar-refractivity contribution < 1.29 is 4.79 Å². The molecule has 2 N–H and O–H groups in total. The maximum absolute atomic E-state index is 12.4. The van der Waals surface area contributed by atoms with Crippen molar-refractivity contribution in [2.45, 2.75) is 44.9 Å². The summed E-state index contributed by atoms with van der Waals surface area (Å²) >= 11 is 0. The third-order valence-corrected chi connectivity index (χ3v) is 4.05. The minimum absolute atomic E-state index is 0.183. The van der Waals surface area contributed by atoms with Crippen molar-refractivity contribution in [3.63, 3.8) is 0 Å². The molecule has 1 aliphatic heterocycles. The van der Waals surface area contributed by atoms with Crippen LogP contribution in [0.4, 0.5) is 0 Å². The van der Waals surface area contributed by atoms with Crippen LogP contribution in [-0.4, -0.2) is 30.4 Å². The number of likely N-dealkylation sites (tertiary alicyclic amines) is 1. The summed E-state index contributed by atoms with van der Waals surface area (Å²) in [7, 11) is 0. The molecule has 0 spiro atoms. The Morgan fingerprint density at radius 3 is 2.20 bits per heavy atom. The van der Waals surface area contributed by atoms with Crippen LogP contribution in [0.3, 0.4) is 0 Å². The first-order valence-corrected chi connectivity index (χ1v) is 6.28. The molecule has 0 aromatic rings. The van der Waals surface area contributed by atoms with Gasteiger partial charge >= 0.3 is 0 Å². The molecule has 0 atom stereocenters. The topological polar surface area (TPSA) is 46.3 Å². The van der Waals surface area contributed by atoms with Gasteiger partial charge < -0.3 is 10.6 Å². The van der Waals surface area contributed by atoms with E-state index in [2.05, 4.69) is 4.90 Å². The molecule has 0 aromatic heterocycles. The fourth-order valence-electron chi connectivity index (χ4n) is 2.99. The number of hydrogen-bond donors (Lipinski definition) is 1. The molecular weight excluding hydrogens is 188 g/mol. The van der Waals surface area contributed by atoms with Crippen LogP contribution in [0.25, 0.3) is 0 Å². The highest BCUT2D eigenvalue weighted by Gasteiger charge is 2.42. The fraction of sp³-hybridized carbons (Fsp3) is 0.917. The summed E-state index contributed by atoms with van der Waals surface area (Å²) in [5.41, 5.74) is 5.65. The van der Waals surface area contributed by atoms with E-state index in [1.807, 2.05) is 0 Å². The summed E-state index contributed by atoms with van der Waals surface area (Å²) in [6.07, 6.45) is 8.00. The summed E-state index contributed by atoms with van der Waals surface area (Å²) in [5, 5.41) is 0. The second-order valence-corrected chi connectivity index (χ2v) is 5.04. The number of carbonyl (C=O) groups is 1. The van der Waals surface area contributed by atoms with Crippen molar-refractivity contribution in [1.29, 1.82) is 0 Å². The standard InChI is InChI=1S/C12H22N2O/c13-10-12(6-2-3-7-12)11(15)14-8-4-1-5-9-14/h1-10,13H2. The van der Waals surface area contributed by atoms with Crippen molar-refractivity contribution in [2.24, 2.45) is 11.1 Å². The van der Waals surface area contributed by atoms with Gasteiger partial charge in [0.05, 0.1) is 5.41 Å². The lowest BCUT2D eigenvalue weighted by Gasteiger charge is -2.35. The Labute approximate surface area is 92.0 Å². The third-order valence-electron chi connectivity index (χ3n) is 4.05. The lowest BCUT2D eigenvalue weighted by molar-refractivity contribution is -0.142. The smallest absolute Gasteiger partial charge is 0.230 e. The van der Waals surface area contributed by atoms with Gasteiger partial charge in [-0.05, 0) is 32.1 Å². The molecule has 1 aliphatic carbocycles. The number of amides is 1. The van der Waals surface area contributed by atoms with Crippen molar-refractivity contribution in [3.8, 4) is 0 Å². The first-order valence-electron chi connectivity index (χ1n) is 6.28. The van der Waals surface area contributed by atoms with E-state index >= 15 is 0 Å². The Balaban J connectivity index is 2.03. The molecule has 0 unspecified atom stereocenters. The summed E-state index contributed by atoms with van der Waals surface area (Å²) in [6, 6.07) is 0. The maximum Gasteiger partial charge on any atom is 0.230 e.